The SMILES string of the molecule is CCc1ccc(CCOc2ccc(C[C@@]3(C(=O)OCc4ccccc4)SC(=O)NC3=O)cc2)nc1. The number of rotatable bonds is 10. The number of amides is 2. The number of benzene rings is 2. The van der Waals surface area contributed by atoms with Crippen LogP contribution < -0.4 is 10.1 Å². The lowest BCUT2D eigenvalue weighted by Crippen LogP contribution is -2.46. The van der Waals surface area contributed by atoms with Crippen molar-refractivity contribution in [2.45, 2.75) is 37.5 Å². The van der Waals surface area contributed by atoms with E-state index in [0.717, 1.165) is 17.7 Å². The van der Waals surface area contributed by atoms with E-state index in [9.17, 15) is 14.4 Å². The van der Waals surface area contributed by atoms with Crippen LogP contribution in [-0.4, -0.2) is 33.5 Å². The van der Waals surface area contributed by atoms with Gasteiger partial charge in [0.25, 0.3) is 11.1 Å². The molecule has 1 N–H and O–H groups in total. The Bertz CT molecular complexity index is 1180. The van der Waals surface area contributed by atoms with Crippen molar-refractivity contribution in [1.82, 2.24) is 10.3 Å². The molecule has 1 aliphatic rings. The lowest BCUT2D eigenvalue weighted by molar-refractivity contribution is -0.150. The van der Waals surface area contributed by atoms with Crippen molar-refractivity contribution in [1.29, 1.82) is 0 Å². The van der Waals surface area contributed by atoms with Crippen molar-refractivity contribution < 1.29 is 23.9 Å². The van der Waals surface area contributed by atoms with Gasteiger partial charge < -0.3 is 9.47 Å². The molecule has 0 saturated carbocycles. The van der Waals surface area contributed by atoms with E-state index in [0.29, 0.717) is 36.1 Å². The fourth-order valence-corrected chi connectivity index (χ4v) is 4.65. The summed E-state index contributed by atoms with van der Waals surface area (Å²) in [4.78, 5) is 42.1. The zero-order valence-electron chi connectivity index (χ0n) is 19.4. The number of aryl methyl sites for hydroxylation is 1. The number of esters is 1. The van der Waals surface area contributed by atoms with Gasteiger partial charge in [-0.3, -0.25) is 19.9 Å². The number of thioether (sulfide) groups is 1. The van der Waals surface area contributed by atoms with Gasteiger partial charge in [0.2, 0.25) is 4.75 Å². The molecule has 1 aromatic heterocycles. The molecule has 1 aliphatic heterocycles. The van der Waals surface area contributed by atoms with E-state index in [1.807, 2.05) is 42.6 Å². The molecule has 1 atom stereocenters. The molecule has 1 fully saturated rings. The first-order valence-electron chi connectivity index (χ1n) is 11.4. The summed E-state index contributed by atoms with van der Waals surface area (Å²) in [6.45, 7) is 2.58. The predicted octanol–water partition coefficient (Wildman–Crippen LogP) is 4.27. The van der Waals surface area contributed by atoms with Crippen molar-refractivity contribution >= 4 is 28.9 Å². The summed E-state index contributed by atoms with van der Waals surface area (Å²) in [6, 6.07) is 20.4. The first kappa shape index (κ1) is 24.5. The highest BCUT2D eigenvalue weighted by Gasteiger charge is 2.55. The average molecular weight is 491 g/mol. The summed E-state index contributed by atoms with van der Waals surface area (Å²) < 4.78 is 9.59. The number of carbonyl (C=O) groups is 3. The molecule has 180 valence electrons. The van der Waals surface area contributed by atoms with Gasteiger partial charge in [-0.15, -0.1) is 0 Å². The molecule has 0 unspecified atom stereocenters. The van der Waals surface area contributed by atoms with Crippen molar-refractivity contribution in [3.8, 4) is 5.75 Å². The van der Waals surface area contributed by atoms with Crippen LogP contribution in [0.3, 0.4) is 0 Å². The van der Waals surface area contributed by atoms with Gasteiger partial charge in [0.15, 0.2) is 0 Å². The van der Waals surface area contributed by atoms with Gasteiger partial charge in [0.05, 0.1) is 6.61 Å². The van der Waals surface area contributed by atoms with E-state index in [1.54, 1.807) is 24.3 Å². The van der Waals surface area contributed by atoms with Crippen LogP contribution >= 0.6 is 11.8 Å². The zero-order valence-corrected chi connectivity index (χ0v) is 20.2. The number of aromatic nitrogens is 1. The lowest BCUT2D eigenvalue weighted by Gasteiger charge is -2.22. The smallest absolute Gasteiger partial charge is 0.333 e. The van der Waals surface area contributed by atoms with E-state index in [4.69, 9.17) is 9.47 Å². The molecule has 2 aromatic carbocycles. The number of hydrogen-bond acceptors (Lipinski definition) is 7. The maximum atomic E-state index is 13.0. The maximum absolute atomic E-state index is 13.0. The minimum atomic E-state index is -1.66. The second-order valence-electron chi connectivity index (χ2n) is 8.16. The minimum absolute atomic E-state index is 0.0201. The highest BCUT2D eigenvalue weighted by molar-refractivity contribution is 8.16. The molecular formula is C27H26N2O5S. The zero-order chi connectivity index (χ0) is 24.7. The van der Waals surface area contributed by atoms with Crippen molar-refractivity contribution in [2.24, 2.45) is 0 Å². The highest BCUT2D eigenvalue weighted by atomic mass is 32.2. The number of hydrogen-bond donors (Lipinski definition) is 1. The molecule has 35 heavy (non-hydrogen) atoms. The fraction of sp³-hybridized carbons (Fsp3) is 0.259. The second kappa shape index (κ2) is 11.2. The van der Waals surface area contributed by atoms with E-state index in [1.165, 1.54) is 5.56 Å². The monoisotopic (exact) mass is 490 g/mol. The summed E-state index contributed by atoms with van der Waals surface area (Å²) in [5, 5.41) is 1.66. The van der Waals surface area contributed by atoms with Crippen molar-refractivity contribution in [3.05, 3.63) is 95.3 Å². The molecule has 0 bridgehead atoms. The molecule has 2 heterocycles. The Balaban J connectivity index is 1.37. The molecule has 0 spiro atoms. The second-order valence-corrected chi connectivity index (χ2v) is 9.43. The van der Waals surface area contributed by atoms with Gasteiger partial charge in [0.1, 0.15) is 12.4 Å². The minimum Gasteiger partial charge on any atom is -0.493 e. The Morgan fingerprint density at radius 3 is 2.34 bits per heavy atom. The lowest BCUT2D eigenvalue weighted by atomic mass is 9.97. The quantitative estimate of drug-likeness (QED) is 0.335. The van der Waals surface area contributed by atoms with Gasteiger partial charge in [-0.25, -0.2) is 4.79 Å². The first-order valence-corrected chi connectivity index (χ1v) is 12.2. The highest BCUT2D eigenvalue weighted by Crippen LogP contribution is 2.37. The molecular weight excluding hydrogens is 464 g/mol. The summed E-state index contributed by atoms with van der Waals surface area (Å²) >= 11 is 0.665. The standard InChI is InChI=1S/C27H26N2O5S/c1-2-19-8-11-22(28-17-19)14-15-33-23-12-9-20(10-13-23)16-27(24(30)29-26(32)35-27)25(31)34-18-21-6-4-3-5-7-21/h3-13,17H,2,14-16,18H2,1H3,(H,29,30,32)/t27-/m1/s1. The molecule has 3 aromatic rings. The van der Waals surface area contributed by atoms with Crippen LogP contribution in [0.1, 0.15) is 29.3 Å². The van der Waals surface area contributed by atoms with Gasteiger partial charge in [0, 0.05) is 24.7 Å². The first-order chi connectivity index (χ1) is 17.0. The summed E-state index contributed by atoms with van der Waals surface area (Å²) in [6.07, 6.45) is 3.54. The van der Waals surface area contributed by atoms with Crippen molar-refractivity contribution in [2.75, 3.05) is 6.61 Å². The molecule has 0 aliphatic carbocycles. The average Bonchev–Trinajstić information content (AvgIpc) is 3.18. The van der Waals surface area contributed by atoms with Gasteiger partial charge >= 0.3 is 5.97 Å². The van der Waals surface area contributed by atoms with Crippen LogP contribution in [0.25, 0.3) is 0 Å². The Morgan fingerprint density at radius 1 is 0.971 bits per heavy atom. The third-order valence-corrected chi connectivity index (χ3v) is 6.82. The summed E-state index contributed by atoms with van der Waals surface area (Å²) in [5.41, 5.74) is 3.67. The molecule has 4 rings (SSSR count). The van der Waals surface area contributed by atoms with E-state index in [2.05, 4.69) is 23.3 Å². The van der Waals surface area contributed by atoms with Crippen LogP contribution in [0, 0.1) is 0 Å². The summed E-state index contributed by atoms with van der Waals surface area (Å²) in [7, 11) is 0. The predicted molar refractivity (Wildman–Crippen MR) is 133 cm³/mol. The third kappa shape index (κ3) is 6.08. The van der Waals surface area contributed by atoms with Gasteiger partial charge in [-0.05, 0) is 53.1 Å². The van der Waals surface area contributed by atoms with E-state index < -0.39 is 21.9 Å². The largest absolute Gasteiger partial charge is 0.493 e. The number of imide groups is 1. The molecule has 1 saturated heterocycles. The maximum Gasteiger partial charge on any atom is 0.333 e. The third-order valence-electron chi connectivity index (χ3n) is 5.69. The number of pyridine rings is 1. The number of nitrogens with one attached hydrogen (secondary N) is 1. The summed E-state index contributed by atoms with van der Waals surface area (Å²) in [5.74, 6) is -0.733. The molecule has 0 radical (unpaired) electrons. The number of ether oxygens (including phenoxy) is 2. The Kier molecular flexibility index (Phi) is 7.82. The molecule has 8 heteroatoms. The van der Waals surface area contributed by atoms with E-state index in [-0.39, 0.29) is 13.0 Å². The Morgan fingerprint density at radius 2 is 1.71 bits per heavy atom. The molecule has 2 amide bonds. The fourth-order valence-electron chi connectivity index (χ4n) is 3.66. The molecule has 7 nitrogen and oxygen atoms in total. The number of nitrogens with zero attached hydrogens (tertiary/aromatic N) is 1. The van der Waals surface area contributed by atoms with E-state index >= 15 is 0 Å². The van der Waals surface area contributed by atoms with Crippen LogP contribution in [0.15, 0.2) is 72.9 Å². The van der Waals surface area contributed by atoms with Crippen LogP contribution in [0.4, 0.5) is 4.79 Å². The Hall–Kier alpha value is -3.65. The Labute approximate surface area is 208 Å². The van der Waals surface area contributed by atoms with Gasteiger partial charge in [-0.2, -0.15) is 0 Å². The van der Waals surface area contributed by atoms with Crippen LogP contribution in [0.2, 0.25) is 0 Å². The van der Waals surface area contributed by atoms with Gasteiger partial charge in [-0.1, -0.05) is 55.5 Å². The normalized spacial score (nSPS) is 17.2. The van der Waals surface area contributed by atoms with Crippen LogP contribution in [0.5, 0.6) is 5.75 Å². The topological polar surface area (TPSA) is 94.6 Å². The van der Waals surface area contributed by atoms with Crippen LogP contribution in [-0.2, 0) is 40.2 Å². The van der Waals surface area contributed by atoms with Crippen molar-refractivity contribution in [3.63, 3.8) is 0 Å². The number of carbonyl (C=O) groups excluding carboxylic acids is 3.